The molecule has 0 aliphatic heterocycles. The molecule has 15 heavy (non-hydrogen) atoms. The van der Waals surface area contributed by atoms with Crippen molar-refractivity contribution in [2.45, 2.75) is 42.4 Å². The second-order valence-corrected chi connectivity index (χ2v) is 5.28. The zero-order valence-corrected chi connectivity index (χ0v) is 9.39. The largest absolute Gasteiger partial charge is 0.392 e. The minimum Gasteiger partial charge on any atom is -0.392 e. The van der Waals surface area contributed by atoms with Crippen molar-refractivity contribution in [2.75, 3.05) is 0 Å². The highest BCUT2D eigenvalue weighted by molar-refractivity contribution is 8.00. The molecule has 2 rings (SSSR count). The molecular weight excluding hydrogens is 211 g/mol. The molecule has 1 aliphatic rings. The maximum atomic E-state index is 12.9. The van der Waals surface area contributed by atoms with Crippen molar-refractivity contribution in [1.82, 2.24) is 0 Å². The molecule has 1 nitrogen and oxygen atoms in total. The fraction of sp³-hybridized carbons (Fsp3) is 0.500. The SMILES string of the molecule is OCc1cc(F)ccc1SC1CCCC1. The fourth-order valence-electron chi connectivity index (χ4n) is 1.97. The van der Waals surface area contributed by atoms with Gasteiger partial charge in [0.2, 0.25) is 0 Å². The van der Waals surface area contributed by atoms with E-state index in [0.717, 1.165) is 4.90 Å². The summed E-state index contributed by atoms with van der Waals surface area (Å²) in [6.07, 6.45) is 5.08. The highest BCUT2D eigenvalue weighted by atomic mass is 32.2. The second-order valence-electron chi connectivity index (χ2n) is 3.93. The van der Waals surface area contributed by atoms with Crippen LogP contribution in [0.25, 0.3) is 0 Å². The van der Waals surface area contributed by atoms with E-state index in [0.29, 0.717) is 10.8 Å². The van der Waals surface area contributed by atoms with Gasteiger partial charge in [-0.05, 0) is 36.6 Å². The van der Waals surface area contributed by atoms with Crippen molar-refractivity contribution >= 4 is 11.8 Å². The fourth-order valence-corrected chi connectivity index (χ4v) is 3.32. The molecule has 82 valence electrons. The predicted octanol–water partition coefficient (Wildman–Crippen LogP) is 3.35. The Hall–Kier alpha value is -0.540. The Morgan fingerprint density at radius 2 is 2.07 bits per heavy atom. The van der Waals surface area contributed by atoms with Crippen LogP contribution in [0.5, 0.6) is 0 Å². The van der Waals surface area contributed by atoms with Gasteiger partial charge < -0.3 is 5.11 Å². The Morgan fingerprint density at radius 1 is 1.33 bits per heavy atom. The van der Waals surface area contributed by atoms with E-state index >= 15 is 0 Å². The molecule has 1 saturated carbocycles. The summed E-state index contributed by atoms with van der Waals surface area (Å²) in [5.41, 5.74) is 0.715. The summed E-state index contributed by atoms with van der Waals surface area (Å²) < 4.78 is 12.9. The van der Waals surface area contributed by atoms with Crippen LogP contribution in [0.1, 0.15) is 31.2 Å². The van der Waals surface area contributed by atoms with Crippen LogP contribution in [-0.2, 0) is 6.61 Å². The zero-order chi connectivity index (χ0) is 10.7. The molecule has 0 bridgehead atoms. The molecule has 3 heteroatoms. The normalized spacial score (nSPS) is 17.2. The number of thioether (sulfide) groups is 1. The van der Waals surface area contributed by atoms with E-state index in [-0.39, 0.29) is 12.4 Å². The average Bonchev–Trinajstić information content (AvgIpc) is 2.73. The van der Waals surface area contributed by atoms with E-state index in [1.807, 2.05) is 0 Å². The van der Waals surface area contributed by atoms with Gasteiger partial charge in [-0.1, -0.05) is 12.8 Å². The second kappa shape index (κ2) is 4.99. The Bertz CT molecular complexity index is 334. The summed E-state index contributed by atoms with van der Waals surface area (Å²) in [5.74, 6) is -0.269. The molecule has 0 saturated heterocycles. The Morgan fingerprint density at radius 3 is 2.73 bits per heavy atom. The lowest BCUT2D eigenvalue weighted by molar-refractivity contribution is 0.278. The molecule has 0 amide bonds. The highest BCUT2D eigenvalue weighted by Gasteiger charge is 2.17. The first-order valence-electron chi connectivity index (χ1n) is 5.35. The lowest BCUT2D eigenvalue weighted by Gasteiger charge is -2.11. The molecule has 0 aromatic heterocycles. The van der Waals surface area contributed by atoms with Crippen LogP contribution < -0.4 is 0 Å². The first kappa shape index (κ1) is 11.0. The van der Waals surface area contributed by atoms with Crippen molar-refractivity contribution < 1.29 is 9.50 Å². The summed E-state index contributed by atoms with van der Waals surface area (Å²) >= 11 is 1.78. The van der Waals surface area contributed by atoms with Gasteiger partial charge in [-0.15, -0.1) is 11.8 Å². The molecule has 0 radical (unpaired) electrons. The molecule has 0 atom stereocenters. The van der Waals surface area contributed by atoms with Gasteiger partial charge in [-0.25, -0.2) is 4.39 Å². The number of aliphatic hydroxyl groups excluding tert-OH is 1. The standard InChI is InChI=1S/C12H15FOS/c13-10-5-6-12(9(7-10)8-14)15-11-3-1-2-4-11/h5-7,11,14H,1-4,8H2. The molecule has 1 aromatic carbocycles. The van der Waals surface area contributed by atoms with Crippen LogP contribution in [0.2, 0.25) is 0 Å². The van der Waals surface area contributed by atoms with Gasteiger partial charge in [0.1, 0.15) is 5.82 Å². The molecule has 0 unspecified atom stereocenters. The molecule has 1 N–H and O–H groups in total. The van der Waals surface area contributed by atoms with Crippen molar-refractivity contribution in [1.29, 1.82) is 0 Å². The van der Waals surface area contributed by atoms with Crippen LogP contribution in [0, 0.1) is 5.82 Å². The monoisotopic (exact) mass is 226 g/mol. The zero-order valence-electron chi connectivity index (χ0n) is 8.58. The third-order valence-corrected chi connectivity index (χ3v) is 4.25. The van der Waals surface area contributed by atoms with E-state index in [4.69, 9.17) is 5.11 Å². The van der Waals surface area contributed by atoms with E-state index in [9.17, 15) is 4.39 Å². The van der Waals surface area contributed by atoms with Gasteiger partial charge in [0.15, 0.2) is 0 Å². The van der Waals surface area contributed by atoms with E-state index in [1.165, 1.54) is 37.8 Å². The Balaban J connectivity index is 2.12. The summed E-state index contributed by atoms with van der Waals surface area (Å²) in [6.45, 7) is -0.0766. The van der Waals surface area contributed by atoms with Crippen molar-refractivity contribution in [3.63, 3.8) is 0 Å². The number of benzene rings is 1. The molecule has 1 aliphatic carbocycles. The number of hydrogen-bond acceptors (Lipinski definition) is 2. The molecule has 1 fully saturated rings. The minimum atomic E-state index is -0.269. The number of aliphatic hydroxyl groups is 1. The third kappa shape index (κ3) is 2.73. The van der Waals surface area contributed by atoms with Gasteiger partial charge in [-0.3, -0.25) is 0 Å². The topological polar surface area (TPSA) is 20.2 Å². The van der Waals surface area contributed by atoms with Gasteiger partial charge >= 0.3 is 0 Å². The van der Waals surface area contributed by atoms with Crippen molar-refractivity contribution in [2.24, 2.45) is 0 Å². The van der Waals surface area contributed by atoms with Crippen LogP contribution in [0.4, 0.5) is 4.39 Å². The Kier molecular flexibility index (Phi) is 3.65. The van der Waals surface area contributed by atoms with Crippen LogP contribution in [0.3, 0.4) is 0 Å². The van der Waals surface area contributed by atoms with Crippen molar-refractivity contribution in [3.05, 3.63) is 29.6 Å². The van der Waals surface area contributed by atoms with Gasteiger partial charge in [0.25, 0.3) is 0 Å². The smallest absolute Gasteiger partial charge is 0.123 e. The molecular formula is C12H15FOS. The highest BCUT2D eigenvalue weighted by Crippen LogP contribution is 2.36. The lowest BCUT2D eigenvalue weighted by Crippen LogP contribution is -1.97. The number of hydrogen-bond donors (Lipinski definition) is 1. The maximum absolute atomic E-state index is 12.9. The quantitative estimate of drug-likeness (QED) is 0.853. The van der Waals surface area contributed by atoms with Crippen LogP contribution in [-0.4, -0.2) is 10.4 Å². The molecule has 0 heterocycles. The predicted molar refractivity (Wildman–Crippen MR) is 60.4 cm³/mol. The summed E-state index contributed by atoms with van der Waals surface area (Å²) in [6, 6.07) is 4.68. The summed E-state index contributed by atoms with van der Waals surface area (Å²) in [4.78, 5) is 1.03. The average molecular weight is 226 g/mol. The van der Waals surface area contributed by atoms with Crippen LogP contribution >= 0.6 is 11.8 Å². The summed E-state index contributed by atoms with van der Waals surface area (Å²) in [7, 11) is 0. The Labute approximate surface area is 93.7 Å². The molecule has 0 spiro atoms. The minimum absolute atomic E-state index is 0.0766. The first-order chi connectivity index (χ1) is 7.29. The molecule has 1 aromatic rings. The van der Waals surface area contributed by atoms with E-state index in [1.54, 1.807) is 17.8 Å². The van der Waals surface area contributed by atoms with Crippen molar-refractivity contribution in [3.8, 4) is 0 Å². The van der Waals surface area contributed by atoms with Gasteiger partial charge in [-0.2, -0.15) is 0 Å². The van der Waals surface area contributed by atoms with E-state index < -0.39 is 0 Å². The number of rotatable bonds is 3. The maximum Gasteiger partial charge on any atom is 0.123 e. The van der Waals surface area contributed by atoms with E-state index in [2.05, 4.69) is 0 Å². The van der Waals surface area contributed by atoms with Crippen LogP contribution in [0.15, 0.2) is 23.1 Å². The number of halogens is 1. The first-order valence-corrected chi connectivity index (χ1v) is 6.23. The third-order valence-electron chi connectivity index (χ3n) is 2.79. The lowest BCUT2D eigenvalue weighted by atomic mass is 10.2. The summed E-state index contributed by atoms with van der Waals surface area (Å²) in [5, 5.41) is 9.79. The van der Waals surface area contributed by atoms with Gasteiger partial charge in [0, 0.05) is 10.1 Å². The van der Waals surface area contributed by atoms with Gasteiger partial charge in [0.05, 0.1) is 6.61 Å².